The molecule has 0 bridgehead atoms. The van der Waals surface area contributed by atoms with Crippen LogP contribution in [0.15, 0.2) is 12.1 Å². The number of hydroxylamine groups is 2. The van der Waals surface area contributed by atoms with Crippen LogP contribution in [0.3, 0.4) is 0 Å². The van der Waals surface area contributed by atoms with Crippen molar-refractivity contribution in [3.05, 3.63) is 56.6 Å². The Bertz CT molecular complexity index is 869. The number of phenols is 2. The van der Waals surface area contributed by atoms with Crippen LogP contribution < -0.4 is 0 Å². The van der Waals surface area contributed by atoms with Crippen LogP contribution in [0.2, 0.25) is 0 Å². The van der Waals surface area contributed by atoms with E-state index in [-0.39, 0.29) is 10.8 Å². The highest BCUT2D eigenvalue weighted by atomic mass is 16.5. The summed E-state index contributed by atoms with van der Waals surface area (Å²) < 4.78 is 0. The van der Waals surface area contributed by atoms with Crippen LogP contribution in [0.1, 0.15) is 86.1 Å². The van der Waals surface area contributed by atoms with E-state index in [9.17, 15) is 15.4 Å². The van der Waals surface area contributed by atoms with Crippen LogP contribution in [0, 0.1) is 27.7 Å². The Morgan fingerprint density at radius 1 is 0.667 bits per heavy atom. The molecule has 0 atom stereocenters. The van der Waals surface area contributed by atoms with Crippen molar-refractivity contribution in [2.75, 3.05) is 0 Å². The van der Waals surface area contributed by atoms with Crippen LogP contribution >= 0.6 is 0 Å². The minimum atomic E-state index is -0.155. The molecule has 0 aliphatic heterocycles. The summed E-state index contributed by atoms with van der Waals surface area (Å²) in [6, 6.07) is 4.04. The van der Waals surface area contributed by atoms with Gasteiger partial charge in [0.15, 0.2) is 0 Å². The predicted octanol–water partition coefficient (Wildman–Crippen LogP) is 6.32. The molecule has 0 aromatic heterocycles. The van der Waals surface area contributed by atoms with Gasteiger partial charge in [-0.3, -0.25) is 0 Å². The maximum atomic E-state index is 10.8. The van der Waals surface area contributed by atoms with Crippen LogP contribution in [-0.4, -0.2) is 20.5 Å². The molecule has 30 heavy (non-hydrogen) atoms. The summed E-state index contributed by atoms with van der Waals surface area (Å²) in [4.78, 5) is 0. The highest BCUT2D eigenvalue weighted by Crippen LogP contribution is 2.38. The lowest BCUT2D eigenvalue weighted by Gasteiger charge is -2.27. The number of nitrogens with zero attached hydrogens (tertiary/aromatic N) is 1. The summed E-state index contributed by atoms with van der Waals surface area (Å²) in [5.41, 5.74) is 7.08. The second-order valence-electron chi connectivity index (χ2n) is 10.7. The Balaban J connectivity index is 2.37. The van der Waals surface area contributed by atoms with Crippen molar-refractivity contribution in [2.24, 2.45) is 0 Å². The van der Waals surface area contributed by atoms with E-state index in [0.29, 0.717) is 24.6 Å². The summed E-state index contributed by atoms with van der Waals surface area (Å²) in [5, 5.41) is 33.5. The van der Waals surface area contributed by atoms with Crippen molar-refractivity contribution in [3.63, 3.8) is 0 Å². The van der Waals surface area contributed by atoms with Gasteiger partial charge in [-0.25, -0.2) is 0 Å². The molecule has 166 valence electrons. The molecule has 2 rings (SSSR count). The minimum absolute atomic E-state index is 0.155. The third-order valence-electron chi connectivity index (χ3n) is 6.10. The maximum absolute atomic E-state index is 10.8. The number of aromatic hydroxyl groups is 2. The zero-order chi connectivity index (χ0) is 23.2. The summed E-state index contributed by atoms with van der Waals surface area (Å²) >= 11 is 0. The standard InChI is InChI=1S/C26H39NO3/c1-15-11-21(25(5,6)7)23(28)17(3)19(15)13-27(30)14-20-16(2)12-22(26(8,9)10)24(29)18(20)4/h11-12,28-30H,13-14H2,1-10H3. The first kappa shape index (κ1) is 24.2. The van der Waals surface area contributed by atoms with Crippen molar-refractivity contribution in [3.8, 4) is 11.5 Å². The van der Waals surface area contributed by atoms with E-state index in [4.69, 9.17) is 0 Å². The Kier molecular flexibility index (Phi) is 6.65. The van der Waals surface area contributed by atoms with Gasteiger partial charge in [0.05, 0.1) is 0 Å². The molecule has 2 aromatic rings. The Morgan fingerprint density at radius 3 is 1.23 bits per heavy atom. The Labute approximate surface area is 182 Å². The smallest absolute Gasteiger partial charge is 0.122 e. The third-order valence-corrected chi connectivity index (χ3v) is 6.10. The third kappa shape index (κ3) is 4.81. The number of benzene rings is 2. The monoisotopic (exact) mass is 413 g/mol. The van der Waals surface area contributed by atoms with Crippen LogP contribution in [-0.2, 0) is 23.9 Å². The van der Waals surface area contributed by atoms with E-state index in [2.05, 4.69) is 41.5 Å². The normalized spacial score (nSPS) is 12.7. The quantitative estimate of drug-likeness (QED) is 0.513. The lowest BCUT2D eigenvalue weighted by atomic mass is 9.82. The van der Waals surface area contributed by atoms with Crippen molar-refractivity contribution in [1.82, 2.24) is 5.06 Å². The van der Waals surface area contributed by atoms with E-state index >= 15 is 0 Å². The highest BCUT2D eigenvalue weighted by Gasteiger charge is 2.25. The average Bonchev–Trinajstić information content (AvgIpc) is 2.59. The van der Waals surface area contributed by atoms with E-state index in [1.807, 2.05) is 39.8 Å². The van der Waals surface area contributed by atoms with Gasteiger partial charge in [-0.05, 0) is 83.0 Å². The summed E-state index contributed by atoms with van der Waals surface area (Å²) in [5.74, 6) is 0.604. The van der Waals surface area contributed by atoms with Gasteiger partial charge in [-0.15, -0.1) is 0 Å². The summed E-state index contributed by atoms with van der Waals surface area (Å²) in [6.45, 7) is 20.9. The number of phenolic OH excluding ortho intramolecular Hbond substituents is 2. The maximum Gasteiger partial charge on any atom is 0.122 e. The van der Waals surface area contributed by atoms with Crippen LogP contribution in [0.4, 0.5) is 0 Å². The molecule has 0 aliphatic rings. The molecule has 0 unspecified atom stereocenters. The molecule has 0 amide bonds. The first-order valence-electron chi connectivity index (χ1n) is 10.6. The van der Waals surface area contributed by atoms with E-state index in [1.165, 1.54) is 5.06 Å². The van der Waals surface area contributed by atoms with E-state index in [1.54, 1.807) is 0 Å². The molecule has 0 spiro atoms. The number of rotatable bonds is 4. The first-order valence-corrected chi connectivity index (χ1v) is 10.6. The molecule has 4 nitrogen and oxygen atoms in total. The molecule has 2 aromatic carbocycles. The molecular formula is C26H39NO3. The lowest BCUT2D eigenvalue weighted by molar-refractivity contribution is -0.108. The predicted molar refractivity (Wildman–Crippen MR) is 124 cm³/mol. The largest absolute Gasteiger partial charge is 0.507 e. The summed E-state index contributed by atoms with van der Waals surface area (Å²) in [6.07, 6.45) is 0. The Morgan fingerprint density at radius 2 is 0.967 bits per heavy atom. The van der Waals surface area contributed by atoms with Crippen molar-refractivity contribution < 1.29 is 15.4 Å². The second kappa shape index (κ2) is 8.24. The van der Waals surface area contributed by atoms with Gasteiger partial charge < -0.3 is 15.4 Å². The molecule has 4 heteroatoms. The fraction of sp³-hybridized carbons (Fsp3) is 0.538. The molecule has 0 aliphatic carbocycles. The summed E-state index contributed by atoms with van der Waals surface area (Å²) in [7, 11) is 0. The highest BCUT2D eigenvalue weighted by molar-refractivity contribution is 5.52. The molecule has 3 N–H and O–H groups in total. The molecule has 0 radical (unpaired) electrons. The zero-order valence-electron chi connectivity index (χ0n) is 20.4. The van der Waals surface area contributed by atoms with Gasteiger partial charge in [0, 0.05) is 13.1 Å². The Hall–Kier alpha value is -2.04. The van der Waals surface area contributed by atoms with E-state index < -0.39 is 0 Å². The van der Waals surface area contributed by atoms with Gasteiger partial charge in [0.1, 0.15) is 11.5 Å². The molecule has 0 fully saturated rings. The SMILES string of the molecule is Cc1cc(C(C)(C)C)c(O)c(C)c1CN(O)Cc1c(C)cc(C(C)(C)C)c(O)c1C. The van der Waals surface area contributed by atoms with Gasteiger partial charge in [-0.1, -0.05) is 53.7 Å². The van der Waals surface area contributed by atoms with Gasteiger partial charge in [-0.2, -0.15) is 5.06 Å². The van der Waals surface area contributed by atoms with Gasteiger partial charge in [0.25, 0.3) is 0 Å². The number of hydrogen-bond acceptors (Lipinski definition) is 4. The van der Waals surface area contributed by atoms with E-state index in [0.717, 1.165) is 44.5 Å². The average molecular weight is 414 g/mol. The molecule has 0 heterocycles. The fourth-order valence-corrected chi connectivity index (χ4v) is 4.08. The van der Waals surface area contributed by atoms with Crippen molar-refractivity contribution in [1.29, 1.82) is 0 Å². The topological polar surface area (TPSA) is 63.9 Å². The fourth-order valence-electron chi connectivity index (χ4n) is 4.08. The lowest BCUT2D eigenvalue weighted by Crippen LogP contribution is -2.22. The minimum Gasteiger partial charge on any atom is -0.507 e. The first-order chi connectivity index (χ1) is 13.6. The molecule has 0 saturated heterocycles. The number of aryl methyl sites for hydroxylation is 2. The molecular weight excluding hydrogens is 374 g/mol. The van der Waals surface area contributed by atoms with Gasteiger partial charge in [0.2, 0.25) is 0 Å². The van der Waals surface area contributed by atoms with Crippen LogP contribution in [0.5, 0.6) is 11.5 Å². The van der Waals surface area contributed by atoms with Crippen LogP contribution in [0.25, 0.3) is 0 Å². The van der Waals surface area contributed by atoms with Gasteiger partial charge >= 0.3 is 0 Å². The van der Waals surface area contributed by atoms with Crippen molar-refractivity contribution in [2.45, 2.75) is 93.2 Å². The second-order valence-corrected chi connectivity index (χ2v) is 10.7. The molecule has 0 saturated carbocycles. The number of hydrogen-bond donors (Lipinski definition) is 3. The van der Waals surface area contributed by atoms with Crippen molar-refractivity contribution >= 4 is 0 Å². The zero-order valence-corrected chi connectivity index (χ0v) is 20.4.